The van der Waals surface area contributed by atoms with Crippen LogP contribution in [0.3, 0.4) is 0 Å². The van der Waals surface area contributed by atoms with E-state index in [-0.39, 0.29) is 24.0 Å². The van der Waals surface area contributed by atoms with Crippen LogP contribution in [0.25, 0.3) is 0 Å². The first-order chi connectivity index (χ1) is 8.63. The number of carbonyl (C=O) groups is 2. The van der Waals surface area contributed by atoms with Crippen LogP contribution >= 0.6 is 0 Å². The number of nitrogens with two attached hydrogens (primary N) is 1. The second-order valence-corrected chi connectivity index (χ2v) is 4.82. The lowest BCUT2D eigenvalue weighted by Gasteiger charge is -2.13. The quantitative estimate of drug-likeness (QED) is 0.503. The zero-order chi connectivity index (χ0) is 13.4. The van der Waals surface area contributed by atoms with Gasteiger partial charge in [0, 0.05) is 6.42 Å². The van der Waals surface area contributed by atoms with E-state index in [1.54, 1.807) is 0 Å². The lowest BCUT2D eigenvalue weighted by Crippen LogP contribution is -2.41. The van der Waals surface area contributed by atoms with E-state index in [9.17, 15) is 9.59 Å². The van der Waals surface area contributed by atoms with E-state index in [1.165, 1.54) is 0 Å². The van der Waals surface area contributed by atoms with Gasteiger partial charge in [-0.25, -0.2) is 0 Å². The fourth-order valence-corrected chi connectivity index (χ4v) is 2.21. The summed E-state index contributed by atoms with van der Waals surface area (Å²) in [6, 6.07) is -0.296. The van der Waals surface area contributed by atoms with Crippen molar-refractivity contribution in [3.63, 3.8) is 0 Å². The number of nitrogens with one attached hydrogen (secondary N) is 1. The molecule has 0 aromatic carbocycles. The van der Waals surface area contributed by atoms with Crippen LogP contribution in [0.1, 0.15) is 51.9 Å². The molecule has 1 saturated carbocycles. The largest absolute Gasteiger partial charge is 0.462 e. The van der Waals surface area contributed by atoms with Gasteiger partial charge in [-0.2, -0.15) is 0 Å². The van der Waals surface area contributed by atoms with Gasteiger partial charge in [0.15, 0.2) is 0 Å². The molecule has 1 fully saturated rings. The zero-order valence-corrected chi connectivity index (χ0v) is 11.1. The Labute approximate surface area is 108 Å². The second-order valence-electron chi connectivity index (χ2n) is 4.82. The average molecular weight is 256 g/mol. The highest BCUT2D eigenvalue weighted by molar-refractivity contribution is 5.79. The minimum atomic E-state index is -0.342. The number of esters is 1. The summed E-state index contributed by atoms with van der Waals surface area (Å²) < 4.78 is 5.33. The molecule has 1 rings (SSSR count). The Hall–Kier alpha value is -1.10. The molecule has 0 heterocycles. The van der Waals surface area contributed by atoms with Gasteiger partial charge in [-0.05, 0) is 45.1 Å². The van der Waals surface area contributed by atoms with Gasteiger partial charge in [-0.15, -0.1) is 0 Å². The summed E-state index contributed by atoms with van der Waals surface area (Å²) in [6.45, 7) is 2.51. The summed E-state index contributed by atoms with van der Waals surface area (Å²) in [5, 5.41) is 3.04. The van der Waals surface area contributed by atoms with Crippen molar-refractivity contribution >= 4 is 11.9 Å². The molecular formula is C13H24N2O3. The molecule has 18 heavy (non-hydrogen) atoms. The van der Waals surface area contributed by atoms with Crippen molar-refractivity contribution < 1.29 is 14.3 Å². The standard InChI is InChI=1S/C13H24N2O3/c1-2-11(13(14)17)15-9-5-8-12(16)18-10-6-3-4-7-10/h10-11,15H,2-9H2,1H3,(H2,14,17)/t11-/m0/s1. The highest BCUT2D eigenvalue weighted by Gasteiger charge is 2.19. The molecule has 5 heteroatoms. The van der Waals surface area contributed by atoms with E-state index in [0.29, 0.717) is 25.8 Å². The minimum Gasteiger partial charge on any atom is -0.462 e. The molecule has 1 amide bonds. The zero-order valence-electron chi connectivity index (χ0n) is 11.1. The Morgan fingerprint density at radius 2 is 2.06 bits per heavy atom. The van der Waals surface area contributed by atoms with Crippen LogP contribution in [0.4, 0.5) is 0 Å². The maximum atomic E-state index is 11.5. The predicted octanol–water partition coefficient (Wildman–Crippen LogP) is 1.11. The number of hydrogen-bond donors (Lipinski definition) is 2. The number of ether oxygens (including phenoxy) is 1. The fraction of sp³-hybridized carbons (Fsp3) is 0.846. The number of hydrogen-bond acceptors (Lipinski definition) is 4. The van der Waals surface area contributed by atoms with Gasteiger partial charge in [0.25, 0.3) is 0 Å². The number of rotatable bonds is 8. The molecular weight excluding hydrogens is 232 g/mol. The minimum absolute atomic E-state index is 0.129. The normalized spacial score (nSPS) is 17.6. The van der Waals surface area contributed by atoms with Crippen molar-refractivity contribution in [3.8, 4) is 0 Å². The lowest BCUT2D eigenvalue weighted by atomic mass is 10.2. The van der Waals surface area contributed by atoms with Crippen LogP contribution in [-0.2, 0) is 14.3 Å². The summed E-state index contributed by atoms with van der Waals surface area (Å²) in [6.07, 6.45) is 6.22. The third kappa shape index (κ3) is 5.49. The molecule has 0 spiro atoms. The maximum absolute atomic E-state index is 11.5. The monoisotopic (exact) mass is 256 g/mol. The van der Waals surface area contributed by atoms with Gasteiger partial charge in [0.2, 0.25) is 5.91 Å². The van der Waals surface area contributed by atoms with Gasteiger partial charge >= 0.3 is 5.97 Å². The number of primary amides is 1. The molecule has 3 N–H and O–H groups in total. The Morgan fingerprint density at radius 3 is 2.61 bits per heavy atom. The highest BCUT2D eigenvalue weighted by atomic mass is 16.5. The summed E-state index contributed by atoms with van der Waals surface area (Å²) in [4.78, 5) is 22.5. The molecule has 1 aliphatic rings. The fourth-order valence-electron chi connectivity index (χ4n) is 2.21. The van der Waals surface area contributed by atoms with E-state index in [0.717, 1.165) is 25.7 Å². The first-order valence-electron chi connectivity index (χ1n) is 6.85. The molecule has 0 aromatic rings. The van der Waals surface area contributed by atoms with Crippen molar-refractivity contribution in [2.24, 2.45) is 5.73 Å². The first kappa shape index (κ1) is 15.0. The predicted molar refractivity (Wildman–Crippen MR) is 68.9 cm³/mol. The van der Waals surface area contributed by atoms with Crippen molar-refractivity contribution in [2.75, 3.05) is 6.54 Å². The Balaban J connectivity index is 2.06. The third-order valence-electron chi connectivity index (χ3n) is 3.30. The van der Waals surface area contributed by atoms with Crippen molar-refractivity contribution in [1.29, 1.82) is 0 Å². The average Bonchev–Trinajstić information content (AvgIpc) is 2.81. The van der Waals surface area contributed by atoms with Crippen LogP contribution in [0.2, 0.25) is 0 Å². The summed E-state index contributed by atoms with van der Waals surface area (Å²) in [5.74, 6) is -0.471. The number of carbonyl (C=O) groups excluding carboxylic acids is 2. The van der Waals surface area contributed by atoms with Crippen molar-refractivity contribution in [3.05, 3.63) is 0 Å². The highest BCUT2D eigenvalue weighted by Crippen LogP contribution is 2.21. The van der Waals surface area contributed by atoms with Gasteiger partial charge in [-0.3, -0.25) is 9.59 Å². The van der Waals surface area contributed by atoms with Crippen LogP contribution in [0.15, 0.2) is 0 Å². The van der Waals surface area contributed by atoms with E-state index >= 15 is 0 Å². The smallest absolute Gasteiger partial charge is 0.306 e. The summed E-state index contributed by atoms with van der Waals surface area (Å²) >= 11 is 0. The molecule has 1 atom stereocenters. The van der Waals surface area contributed by atoms with Crippen molar-refractivity contribution in [2.45, 2.75) is 64.0 Å². The Kier molecular flexibility index (Phi) is 6.72. The van der Waals surface area contributed by atoms with E-state index in [1.807, 2.05) is 6.92 Å². The third-order valence-corrected chi connectivity index (χ3v) is 3.30. The summed E-state index contributed by atoms with van der Waals surface area (Å²) in [7, 11) is 0. The Bertz CT molecular complexity index is 275. The van der Waals surface area contributed by atoms with Crippen molar-refractivity contribution in [1.82, 2.24) is 5.32 Å². The Morgan fingerprint density at radius 1 is 1.39 bits per heavy atom. The SMILES string of the molecule is CC[C@H](NCCCC(=O)OC1CCCC1)C(N)=O. The molecule has 0 radical (unpaired) electrons. The topological polar surface area (TPSA) is 81.4 Å². The molecule has 0 aliphatic heterocycles. The molecule has 104 valence electrons. The van der Waals surface area contributed by atoms with Gasteiger partial charge < -0.3 is 15.8 Å². The lowest BCUT2D eigenvalue weighted by molar-refractivity contribution is -0.148. The molecule has 5 nitrogen and oxygen atoms in total. The second kappa shape index (κ2) is 8.08. The van der Waals surface area contributed by atoms with E-state index in [2.05, 4.69) is 5.32 Å². The van der Waals surface area contributed by atoms with Crippen LogP contribution in [-0.4, -0.2) is 30.6 Å². The first-order valence-corrected chi connectivity index (χ1v) is 6.85. The maximum Gasteiger partial charge on any atom is 0.306 e. The number of amides is 1. The van der Waals surface area contributed by atoms with Gasteiger partial charge in [0.05, 0.1) is 6.04 Å². The van der Waals surface area contributed by atoms with Gasteiger partial charge in [0.1, 0.15) is 6.10 Å². The molecule has 0 unspecified atom stereocenters. The van der Waals surface area contributed by atoms with Gasteiger partial charge in [-0.1, -0.05) is 6.92 Å². The van der Waals surface area contributed by atoms with Crippen LogP contribution < -0.4 is 11.1 Å². The molecule has 1 aliphatic carbocycles. The summed E-state index contributed by atoms with van der Waals surface area (Å²) in [5.41, 5.74) is 5.21. The molecule has 0 aromatic heterocycles. The van der Waals surface area contributed by atoms with Crippen LogP contribution in [0.5, 0.6) is 0 Å². The van der Waals surface area contributed by atoms with Crippen LogP contribution in [0, 0.1) is 0 Å². The molecule has 0 bridgehead atoms. The molecule has 0 saturated heterocycles. The van der Waals surface area contributed by atoms with E-state index < -0.39 is 0 Å². The van der Waals surface area contributed by atoms with E-state index in [4.69, 9.17) is 10.5 Å².